The van der Waals surface area contributed by atoms with Crippen LogP contribution in [0.3, 0.4) is 0 Å². The number of anilines is 1. The van der Waals surface area contributed by atoms with Crippen molar-refractivity contribution in [2.75, 3.05) is 11.9 Å². The van der Waals surface area contributed by atoms with Crippen molar-refractivity contribution >= 4 is 50.7 Å². The van der Waals surface area contributed by atoms with Crippen molar-refractivity contribution in [1.82, 2.24) is 4.98 Å². The number of ether oxygens (including phenoxy) is 1. The molecule has 4 rings (SSSR count). The van der Waals surface area contributed by atoms with E-state index in [0.717, 1.165) is 16.0 Å². The summed E-state index contributed by atoms with van der Waals surface area (Å²) in [5, 5.41) is 4.67. The molecule has 0 saturated carbocycles. The van der Waals surface area contributed by atoms with Crippen LogP contribution in [0.1, 0.15) is 38.1 Å². The number of benzene rings is 2. The van der Waals surface area contributed by atoms with Gasteiger partial charge in [-0.2, -0.15) is 0 Å². The van der Waals surface area contributed by atoms with Gasteiger partial charge in [0.15, 0.2) is 0 Å². The fraction of sp³-hybridized carbons (Fsp3) is 0.160. The third-order valence-electron chi connectivity index (χ3n) is 5.20. The molecule has 7 heteroatoms. The first-order valence-corrected chi connectivity index (χ1v) is 11.3. The van der Waals surface area contributed by atoms with E-state index in [0.29, 0.717) is 37.7 Å². The van der Waals surface area contributed by atoms with Crippen molar-refractivity contribution in [3.63, 3.8) is 0 Å². The van der Waals surface area contributed by atoms with E-state index in [1.807, 2.05) is 56.3 Å². The number of esters is 1. The number of carbonyl (C=O) groups is 2. The maximum Gasteiger partial charge on any atom is 0.341 e. The Morgan fingerprint density at radius 1 is 1.09 bits per heavy atom. The number of thiophene rings is 1. The van der Waals surface area contributed by atoms with Gasteiger partial charge < -0.3 is 10.1 Å². The lowest BCUT2D eigenvalue weighted by Gasteiger charge is -2.12. The van der Waals surface area contributed by atoms with Crippen molar-refractivity contribution in [3.8, 4) is 11.3 Å². The summed E-state index contributed by atoms with van der Waals surface area (Å²) in [5.41, 5.74) is 3.67. The van der Waals surface area contributed by atoms with Gasteiger partial charge in [-0.15, -0.1) is 11.3 Å². The Hall–Kier alpha value is -3.22. The van der Waals surface area contributed by atoms with Crippen molar-refractivity contribution < 1.29 is 14.3 Å². The van der Waals surface area contributed by atoms with Gasteiger partial charge in [0.05, 0.1) is 28.9 Å². The second kappa shape index (κ2) is 9.10. The predicted octanol–water partition coefficient (Wildman–Crippen LogP) is 6.66. The summed E-state index contributed by atoms with van der Waals surface area (Å²) < 4.78 is 5.20. The zero-order valence-electron chi connectivity index (χ0n) is 17.9. The van der Waals surface area contributed by atoms with Crippen molar-refractivity contribution in [2.24, 2.45) is 0 Å². The van der Waals surface area contributed by atoms with Crippen LogP contribution in [0.2, 0.25) is 5.02 Å². The molecule has 0 aliphatic rings. The Morgan fingerprint density at radius 2 is 1.81 bits per heavy atom. The second-order valence-corrected chi connectivity index (χ2v) is 8.85. The molecular weight excluding hydrogens is 444 g/mol. The number of rotatable bonds is 5. The maximum atomic E-state index is 13.4. The molecule has 0 aliphatic carbocycles. The molecule has 32 heavy (non-hydrogen) atoms. The van der Waals surface area contributed by atoms with Gasteiger partial charge in [0.1, 0.15) is 5.00 Å². The van der Waals surface area contributed by atoms with Crippen LogP contribution in [0.25, 0.3) is 22.2 Å². The summed E-state index contributed by atoms with van der Waals surface area (Å²) in [7, 11) is 0. The average Bonchev–Trinajstić information content (AvgIpc) is 3.06. The molecule has 0 bridgehead atoms. The smallest absolute Gasteiger partial charge is 0.341 e. The van der Waals surface area contributed by atoms with Gasteiger partial charge in [-0.25, -0.2) is 9.78 Å². The molecule has 2 heterocycles. The maximum absolute atomic E-state index is 13.4. The summed E-state index contributed by atoms with van der Waals surface area (Å²) in [6.07, 6.45) is 0. The fourth-order valence-corrected chi connectivity index (χ4v) is 4.78. The number of hydrogen-bond donors (Lipinski definition) is 1. The zero-order valence-corrected chi connectivity index (χ0v) is 19.4. The Morgan fingerprint density at radius 3 is 2.56 bits per heavy atom. The largest absolute Gasteiger partial charge is 0.462 e. The van der Waals surface area contributed by atoms with Crippen molar-refractivity contribution in [2.45, 2.75) is 20.8 Å². The van der Waals surface area contributed by atoms with Crippen LogP contribution < -0.4 is 5.32 Å². The summed E-state index contributed by atoms with van der Waals surface area (Å²) >= 11 is 7.74. The Kier molecular flexibility index (Phi) is 6.26. The highest BCUT2D eigenvalue weighted by Gasteiger charge is 2.23. The molecule has 5 nitrogen and oxygen atoms in total. The first-order valence-electron chi connectivity index (χ1n) is 10.1. The van der Waals surface area contributed by atoms with E-state index in [4.69, 9.17) is 21.3 Å². The number of nitrogens with one attached hydrogen (secondary N) is 1. The van der Waals surface area contributed by atoms with Crippen LogP contribution in [0.4, 0.5) is 5.00 Å². The molecule has 0 fully saturated rings. The zero-order chi connectivity index (χ0) is 22.8. The third kappa shape index (κ3) is 4.11. The lowest BCUT2D eigenvalue weighted by Crippen LogP contribution is -2.15. The number of pyridine rings is 1. The molecule has 4 aromatic rings. The molecule has 0 radical (unpaired) electrons. The highest BCUT2D eigenvalue weighted by molar-refractivity contribution is 7.16. The van der Waals surface area contributed by atoms with Gasteiger partial charge >= 0.3 is 5.97 Å². The molecule has 0 saturated heterocycles. The number of carbonyl (C=O) groups excluding carboxylic acids is 2. The number of hydrogen-bond acceptors (Lipinski definition) is 5. The van der Waals surface area contributed by atoms with E-state index in [9.17, 15) is 9.59 Å². The molecule has 0 spiro atoms. The summed E-state index contributed by atoms with van der Waals surface area (Å²) in [6, 6.07) is 16.6. The standard InChI is InChI=1S/C25H21ClN2O3S/c1-4-31-25(30)22-14(2)15(3)32-24(22)28-23(29)18-13-21(17-10-5-7-11-19(17)26)27-20-12-8-6-9-16(18)20/h5-13H,4H2,1-3H3,(H,28,29). The van der Waals surface area contributed by atoms with Gasteiger partial charge in [0.25, 0.3) is 5.91 Å². The van der Waals surface area contributed by atoms with Crippen molar-refractivity contribution in [3.05, 3.63) is 81.2 Å². The molecule has 1 N–H and O–H groups in total. The fourth-order valence-electron chi connectivity index (χ4n) is 3.50. The SMILES string of the molecule is CCOC(=O)c1c(NC(=O)c2cc(-c3ccccc3Cl)nc3ccccc23)sc(C)c1C. The summed E-state index contributed by atoms with van der Waals surface area (Å²) in [4.78, 5) is 31.6. The second-order valence-electron chi connectivity index (χ2n) is 7.21. The van der Waals surface area contributed by atoms with Gasteiger partial charge in [0, 0.05) is 20.8 Å². The lowest BCUT2D eigenvalue weighted by molar-refractivity contribution is 0.0527. The summed E-state index contributed by atoms with van der Waals surface area (Å²) in [5.74, 6) is -0.773. The number of aryl methyl sites for hydroxylation is 1. The van der Waals surface area contributed by atoms with Crippen LogP contribution in [0, 0.1) is 13.8 Å². The van der Waals surface area contributed by atoms with Crippen LogP contribution >= 0.6 is 22.9 Å². The minimum atomic E-state index is -0.444. The van der Waals surface area contributed by atoms with E-state index < -0.39 is 5.97 Å². The molecule has 0 unspecified atom stereocenters. The number of fused-ring (bicyclic) bond motifs is 1. The number of aromatic nitrogens is 1. The molecular formula is C25H21ClN2O3S. The first kappa shape index (κ1) is 22.0. The predicted molar refractivity (Wildman–Crippen MR) is 130 cm³/mol. The first-order chi connectivity index (χ1) is 15.4. The Balaban J connectivity index is 1.81. The molecule has 162 valence electrons. The van der Waals surface area contributed by atoms with E-state index in [1.54, 1.807) is 19.1 Å². The average molecular weight is 465 g/mol. The van der Waals surface area contributed by atoms with E-state index >= 15 is 0 Å². The molecule has 2 aromatic heterocycles. The Labute approximate surface area is 195 Å². The molecule has 1 amide bonds. The minimum absolute atomic E-state index is 0.261. The van der Waals surface area contributed by atoms with Crippen molar-refractivity contribution in [1.29, 1.82) is 0 Å². The summed E-state index contributed by atoms with van der Waals surface area (Å²) in [6.45, 7) is 5.78. The Bertz CT molecular complexity index is 1350. The third-order valence-corrected chi connectivity index (χ3v) is 6.65. The van der Waals surface area contributed by atoms with E-state index in [-0.39, 0.29) is 12.5 Å². The number of halogens is 1. The van der Waals surface area contributed by atoms with E-state index in [1.165, 1.54) is 11.3 Å². The van der Waals surface area contributed by atoms with Gasteiger partial charge in [-0.3, -0.25) is 4.79 Å². The molecule has 2 aromatic carbocycles. The number of amides is 1. The molecule has 0 atom stereocenters. The van der Waals surface area contributed by atoms with Gasteiger partial charge in [0.2, 0.25) is 0 Å². The van der Waals surface area contributed by atoms with Crippen LogP contribution in [0.15, 0.2) is 54.6 Å². The normalized spacial score (nSPS) is 10.9. The number of nitrogens with zero attached hydrogens (tertiary/aromatic N) is 1. The van der Waals surface area contributed by atoms with Gasteiger partial charge in [-0.05, 0) is 44.5 Å². The van der Waals surface area contributed by atoms with Crippen LogP contribution in [0.5, 0.6) is 0 Å². The van der Waals surface area contributed by atoms with Crippen LogP contribution in [-0.4, -0.2) is 23.5 Å². The molecule has 0 aliphatic heterocycles. The van der Waals surface area contributed by atoms with Gasteiger partial charge in [-0.1, -0.05) is 48.0 Å². The quantitative estimate of drug-likeness (QED) is 0.335. The lowest BCUT2D eigenvalue weighted by atomic mass is 10.0. The van der Waals surface area contributed by atoms with Crippen LogP contribution in [-0.2, 0) is 4.74 Å². The highest BCUT2D eigenvalue weighted by Crippen LogP contribution is 2.35. The monoisotopic (exact) mass is 464 g/mol. The number of para-hydroxylation sites is 1. The highest BCUT2D eigenvalue weighted by atomic mass is 35.5. The van der Waals surface area contributed by atoms with E-state index in [2.05, 4.69) is 5.32 Å². The minimum Gasteiger partial charge on any atom is -0.462 e. The topological polar surface area (TPSA) is 68.3 Å².